The van der Waals surface area contributed by atoms with Crippen LogP contribution in [0.4, 0.5) is 0 Å². The minimum atomic E-state index is -1.44. The Balaban J connectivity index is 1.74. The lowest BCUT2D eigenvalue weighted by molar-refractivity contribution is 0.363. The summed E-state index contributed by atoms with van der Waals surface area (Å²) >= 11 is 0. The summed E-state index contributed by atoms with van der Waals surface area (Å²) in [6.45, 7) is 6.55. The molecule has 0 atom stereocenters. The Kier molecular flexibility index (Phi) is 5.56. The van der Waals surface area contributed by atoms with E-state index in [4.69, 9.17) is 0 Å². The number of allylic oxidation sites excluding steroid dienone is 1. The van der Waals surface area contributed by atoms with Crippen LogP contribution in [0, 0.1) is 26.7 Å². The summed E-state index contributed by atoms with van der Waals surface area (Å²) in [6, 6.07) is 32.4. The molecule has 4 aromatic rings. The fraction of sp³-hybridized carbons (Fsp3) is 0.273. The number of rotatable bonds is 4. The Morgan fingerprint density at radius 2 is 1.14 bits per heavy atom. The fourth-order valence-corrected chi connectivity index (χ4v) is 6.80. The van der Waals surface area contributed by atoms with E-state index in [0.717, 1.165) is 0 Å². The third-order valence-electron chi connectivity index (χ3n) is 8.54. The second kappa shape index (κ2) is 8.75. The first-order chi connectivity index (χ1) is 17.1. The number of hydrogen-bond donors (Lipinski definition) is 0. The van der Waals surface area contributed by atoms with Gasteiger partial charge in [-0.3, -0.25) is 0 Å². The average Bonchev–Trinajstić information content (AvgIpc) is 3.46. The van der Waals surface area contributed by atoms with Gasteiger partial charge in [0.1, 0.15) is 0 Å². The molecule has 176 valence electrons. The highest BCUT2D eigenvalue weighted by Crippen LogP contribution is 2.52. The largest absolute Gasteiger partial charge is 0.777 e. The first-order valence-corrected chi connectivity index (χ1v) is 13.3. The van der Waals surface area contributed by atoms with Crippen molar-refractivity contribution in [3.8, 4) is 0 Å². The average molecular weight is 458 g/mol. The van der Waals surface area contributed by atoms with Crippen LogP contribution in [-0.4, -0.2) is 6.35 Å². The fourth-order valence-electron chi connectivity index (χ4n) is 6.80. The third-order valence-corrected chi connectivity index (χ3v) is 8.54. The summed E-state index contributed by atoms with van der Waals surface area (Å²) in [4.78, 5) is 0. The lowest BCUT2D eigenvalue weighted by Gasteiger charge is -2.39. The number of hydrogen-bond acceptors (Lipinski definition) is 0. The normalized spacial score (nSPS) is 17.6. The zero-order valence-corrected chi connectivity index (χ0v) is 21.3. The molecule has 0 radical (unpaired) electrons. The smallest absolute Gasteiger partial charge is 0.420 e. The van der Waals surface area contributed by atoms with Crippen molar-refractivity contribution in [2.75, 3.05) is 0 Å². The van der Waals surface area contributed by atoms with Gasteiger partial charge in [0.25, 0.3) is 0 Å². The van der Waals surface area contributed by atoms with Gasteiger partial charge in [0.15, 0.2) is 6.26 Å². The molecular weight excluding hydrogens is 423 g/mol. The Labute approximate surface area is 210 Å². The minimum absolute atomic E-state index is 0.598. The first kappa shape index (κ1) is 22.2. The molecule has 35 heavy (non-hydrogen) atoms. The molecule has 1 nitrogen and oxygen atoms in total. The molecule has 0 unspecified atom stereocenters. The molecular formula is C33H35BO. The van der Waals surface area contributed by atoms with Crippen molar-refractivity contribution in [1.29, 1.82) is 0 Å². The highest BCUT2D eigenvalue weighted by atomic mass is 16.5. The molecule has 0 N–H and O–H groups in total. The van der Waals surface area contributed by atoms with Crippen molar-refractivity contribution in [2.24, 2.45) is 5.92 Å². The van der Waals surface area contributed by atoms with Crippen molar-refractivity contribution in [2.45, 2.75) is 52.9 Å². The van der Waals surface area contributed by atoms with Crippen molar-refractivity contribution in [3.63, 3.8) is 0 Å². The van der Waals surface area contributed by atoms with E-state index in [1.807, 2.05) is 0 Å². The van der Waals surface area contributed by atoms with E-state index < -0.39 is 6.35 Å². The quantitative estimate of drug-likeness (QED) is 0.219. The maximum Gasteiger partial charge on any atom is 0.420 e. The molecule has 1 aromatic heterocycles. The molecule has 0 spiro atoms. The highest BCUT2D eigenvalue weighted by Gasteiger charge is 2.53. The van der Waals surface area contributed by atoms with E-state index in [2.05, 4.69) is 116 Å². The SMILES string of the molecule is Cc1ccc(C2=C(C3CCCCC3)c3ccc[o+]3[B-]2(c2ccc(C)cc2)c2ccc(C)cc2)cc1. The van der Waals surface area contributed by atoms with Crippen LogP contribution in [0.2, 0.25) is 0 Å². The number of benzene rings is 3. The number of fused-ring (bicyclic) bond motifs is 1. The Morgan fingerprint density at radius 1 is 0.629 bits per heavy atom. The molecule has 2 aliphatic rings. The van der Waals surface area contributed by atoms with Gasteiger partial charge in [-0.25, -0.2) is 0 Å². The molecule has 1 fully saturated rings. The van der Waals surface area contributed by atoms with Gasteiger partial charge in [-0.15, -0.1) is 10.9 Å². The maximum absolute atomic E-state index is 3.77. The third kappa shape index (κ3) is 3.54. The number of aryl methyl sites for hydroxylation is 3. The molecule has 3 aromatic carbocycles. The number of furan rings is 1. The van der Waals surface area contributed by atoms with E-state index >= 15 is 0 Å². The first-order valence-electron chi connectivity index (χ1n) is 13.3. The summed E-state index contributed by atoms with van der Waals surface area (Å²) in [7, 11) is 0. The summed E-state index contributed by atoms with van der Waals surface area (Å²) in [5, 5.41) is 0. The Bertz CT molecular complexity index is 1320. The highest BCUT2D eigenvalue weighted by molar-refractivity contribution is 7.12. The molecule has 2 heterocycles. The van der Waals surface area contributed by atoms with Gasteiger partial charge in [0.05, 0.1) is 0 Å². The van der Waals surface area contributed by atoms with Gasteiger partial charge in [-0.05, 0) is 39.5 Å². The van der Waals surface area contributed by atoms with Gasteiger partial charge < -0.3 is 3.96 Å². The van der Waals surface area contributed by atoms with Crippen molar-refractivity contribution < 1.29 is 3.96 Å². The van der Waals surface area contributed by atoms with Gasteiger partial charge in [-0.2, -0.15) is 0 Å². The van der Waals surface area contributed by atoms with Crippen LogP contribution in [-0.2, 0) is 0 Å². The monoisotopic (exact) mass is 458 g/mol. The summed E-state index contributed by atoms with van der Waals surface area (Å²) in [5.41, 5.74) is 11.1. The maximum atomic E-state index is 3.77. The van der Waals surface area contributed by atoms with Crippen LogP contribution in [0.5, 0.6) is 0 Å². The van der Waals surface area contributed by atoms with Crippen LogP contribution < -0.4 is 10.9 Å². The van der Waals surface area contributed by atoms with Gasteiger partial charge in [-0.1, -0.05) is 120 Å². The second-order valence-corrected chi connectivity index (χ2v) is 10.9. The topological polar surface area (TPSA) is 2.70 Å². The van der Waals surface area contributed by atoms with Crippen molar-refractivity contribution >= 4 is 28.3 Å². The van der Waals surface area contributed by atoms with E-state index in [9.17, 15) is 0 Å². The lowest BCUT2D eigenvalue weighted by Crippen LogP contribution is -2.59. The van der Waals surface area contributed by atoms with E-state index in [1.54, 1.807) is 5.57 Å². The van der Waals surface area contributed by atoms with E-state index in [1.165, 1.54) is 76.5 Å². The van der Waals surface area contributed by atoms with Crippen LogP contribution in [0.25, 0.3) is 11.0 Å². The Morgan fingerprint density at radius 3 is 1.69 bits per heavy atom. The summed E-state index contributed by atoms with van der Waals surface area (Å²) in [6.07, 6.45) is 7.41. The second-order valence-electron chi connectivity index (χ2n) is 10.9. The molecule has 2 heteroatoms. The van der Waals surface area contributed by atoms with E-state index in [-0.39, 0.29) is 0 Å². The van der Waals surface area contributed by atoms with Crippen LogP contribution in [0.15, 0.2) is 95.2 Å². The standard InChI is InChI=1S/C33H35BO/c1-24-11-17-28(18-12-24)33-32(27-8-5-4-6-9-27)31-10-7-23-35(31)34(33,29-19-13-25(2)14-20-29)30-21-15-26(3)16-22-30/h7,10-23,27H,4-6,8-9H2,1-3H3. The summed E-state index contributed by atoms with van der Waals surface area (Å²) < 4.78 is 3.77. The van der Waals surface area contributed by atoms with E-state index in [0.29, 0.717) is 5.92 Å². The van der Waals surface area contributed by atoms with Crippen molar-refractivity contribution in [3.05, 3.63) is 119 Å². The predicted molar refractivity (Wildman–Crippen MR) is 151 cm³/mol. The molecule has 1 saturated carbocycles. The minimum Gasteiger partial charge on any atom is -0.777 e. The molecule has 0 amide bonds. The van der Waals surface area contributed by atoms with Crippen LogP contribution >= 0.6 is 0 Å². The van der Waals surface area contributed by atoms with Gasteiger partial charge >= 0.3 is 6.35 Å². The van der Waals surface area contributed by atoms with Crippen LogP contribution in [0.1, 0.15) is 60.1 Å². The summed E-state index contributed by atoms with van der Waals surface area (Å²) in [5.74, 6) is 1.94. The zero-order valence-electron chi connectivity index (χ0n) is 21.3. The molecule has 6 rings (SSSR count). The molecule has 1 aliphatic carbocycles. The van der Waals surface area contributed by atoms with Gasteiger partial charge in [0, 0.05) is 17.7 Å². The molecule has 1 aliphatic heterocycles. The molecule has 0 saturated heterocycles. The van der Waals surface area contributed by atoms with Crippen LogP contribution in [0.3, 0.4) is 0 Å². The predicted octanol–water partition coefficient (Wildman–Crippen LogP) is 7.54. The lowest BCUT2D eigenvalue weighted by atomic mass is 9.27. The zero-order chi connectivity index (χ0) is 24.0. The van der Waals surface area contributed by atoms with Gasteiger partial charge in [0.2, 0.25) is 5.76 Å². The molecule has 0 bridgehead atoms. The van der Waals surface area contributed by atoms with Crippen molar-refractivity contribution in [1.82, 2.24) is 0 Å². The Hall–Kier alpha value is -3.26.